The third kappa shape index (κ3) is 4.59. The summed E-state index contributed by atoms with van der Waals surface area (Å²) in [6.45, 7) is 12.3. The first-order chi connectivity index (χ1) is 15.1. The van der Waals surface area contributed by atoms with E-state index < -0.39 is 22.0 Å². The third-order valence-corrected chi connectivity index (χ3v) is 9.47. The molecule has 2 saturated heterocycles. The van der Waals surface area contributed by atoms with Gasteiger partial charge in [0, 0.05) is 11.8 Å². The molecule has 5 aliphatic rings. The van der Waals surface area contributed by atoms with Crippen molar-refractivity contribution < 1.29 is 19.1 Å². The van der Waals surface area contributed by atoms with E-state index in [1.807, 2.05) is 0 Å². The van der Waals surface area contributed by atoms with Gasteiger partial charge < -0.3 is 20.1 Å². The molecule has 6 heteroatoms. The van der Waals surface area contributed by atoms with Gasteiger partial charge in [0.25, 0.3) is 0 Å². The van der Waals surface area contributed by atoms with E-state index in [2.05, 4.69) is 38.3 Å². The predicted octanol–water partition coefficient (Wildman–Crippen LogP) is 3.97. The fraction of sp³-hybridized carbons (Fsp3) is 0.923. The molecule has 32 heavy (non-hydrogen) atoms. The Morgan fingerprint density at radius 3 is 1.19 bits per heavy atom. The van der Waals surface area contributed by atoms with E-state index in [9.17, 15) is 9.59 Å². The fourth-order valence-corrected chi connectivity index (χ4v) is 6.69. The molecule has 2 heterocycles. The maximum Gasteiger partial charge on any atom is 0.312 e. The summed E-state index contributed by atoms with van der Waals surface area (Å²) in [7, 11) is 0. The van der Waals surface area contributed by atoms with E-state index in [0.717, 1.165) is 90.4 Å². The Hall–Kier alpha value is -1.14. The highest BCUT2D eigenvalue weighted by molar-refractivity contribution is 5.82. The van der Waals surface area contributed by atoms with Gasteiger partial charge in [-0.1, -0.05) is 0 Å². The number of hydrogen-bond donors (Lipinski definition) is 2. The third-order valence-electron chi connectivity index (χ3n) is 9.47. The van der Waals surface area contributed by atoms with E-state index in [1.165, 1.54) is 0 Å². The molecular formula is C26H44N2O4. The molecule has 0 aromatic carbocycles. The van der Waals surface area contributed by atoms with Crippen molar-refractivity contribution in [1.82, 2.24) is 10.6 Å². The van der Waals surface area contributed by atoms with Gasteiger partial charge in [-0.3, -0.25) is 9.59 Å². The quantitative estimate of drug-likeness (QED) is 0.599. The van der Waals surface area contributed by atoms with Crippen molar-refractivity contribution >= 4 is 11.9 Å². The molecule has 2 N–H and O–H groups in total. The highest BCUT2D eigenvalue weighted by Crippen LogP contribution is 2.58. The van der Waals surface area contributed by atoms with Crippen LogP contribution in [0.25, 0.3) is 0 Å². The van der Waals surface area contributed by atoms with Crippen molar-refractivity contribution in [2.24, 2.45) is 22.7 Å². The second-order valence-corrected chi connectivity index (χ2v) is 12.1. The normalized spacial score (nSPS) is 32.5. The van der Waals surface area contributed by atoms with Gasteiger partial charge >= 0.3 is 11.9 Å². The van der Waals surface area contributed by atoms with E-state index in [1.54, 1.807) is 0 Å². The minimum atomic E-state index is -0.433. The molecule has 0 unspecified atom stereocenters. The number of fused-ring (bicyclic) bond motifs is 3. The van der Waals surface area contributed by atoms with Gasteiger partial charge in [-0.25, -0.2) is 0 Å². The Morgan fingerprint density at radius 2 is 0.906 bits per heavy atom. The van der Waals surface area contributed by atoms with Crippen LogP contribution in [0, 0.1) is 22.7 Å². The van der Waals surface area contributed by atoms with Crippen molar-refractivity contribution in [2.75, 3.05) is 26.2 Å². The lowest BCUT2D eigenvalue weighted by molar-refractivity contribution is -0.197. The summed E-state index contributed by atoms with van der Waals surface area (Å²) in [5.41, 5.74) is -1.68. The van der Waals surface area contributed by atoms with Crippen molar-refractivity contribution in [1.29, 1.82) is 0 Å². The lowest BCUT2D eigenvalue weighted by atomic mass is 9.53. The SMILES string of the molecule is CC(C)(OC(=O)C12CCC(C(=O)OC(C)(C)C3CCNCC3)(CC1)CC2)C1CCNCC1. The molecule has 5 fully saturated rings. The maximum atomic E-state index is 13.4. The molecule has 182 valence electrons. The van der Waals surface area contributed by atoms with Crippen LogP contribution in [-0.2, 0) is 19.1 Å². The zero-order valence-corrected chi connectivity index (χ0v) is 20.7. The van der Waals surface area contributed by atoms with Gasteiger partial charge in [0.2, 0.25) is 0 Å². The summed E-state index contributed by atoms with van der Waals surface area (Å²) in [6, 6.07) is 0. The first-order valence-electron chi connectivity index (χ1n) is 13.0. The molecule has 2 bridgehead atoms. The summed E-state index contributed by atoms with van der Waals surface area (Å²) < 4.78 is 12.4. The molecule has 0 atom stereocenters. The molecule has 0 radical (unpaired) electrons. The number of rotatable bonds is 6. The van der Waals surface area contributed by atoms with Crippen LogP contribution in [-0.4, -0.2) is 49.3 Å². The van der Waals surface area contributed by atoms with Crippen LogP contribution in [0.2, 0.25) is 0 Å². The predicted molar refractivity (Wildman–Crippen MR) is 124 cm³/mol. The van der Waals surface area contributed by atoms with Gasteiger partial charge in [-0.05, 0) is 118 Å². The standard InChI is InChI=1S/C26H44N2O4/c1-23(2,19-5-15-27-16-6-19)31-21(29)25-9-12-26(13-10-25,14-11-25)22(30)32-24(3,4)20-7-17-28-18-8-20/h19-20,27-28H,5-18H2,1-4H3. The number of piperidine rings is 2. The molecular weight excluding hydrogens is 404 g/mol. The molecule has 5 rings (SSSR count). The van der Waals surface area contributed by atoms with Crippen molar-refractivity contribution in [3.63, 3.8) is 0 Å². The van der Waals surface area contributed by atoms with E-state index in [0.29, 0.717) is 11.8 Å². The zero-order chi connectivity index (χ0) is 23.0. The van der Waals surface area contributed by atoms with Crippen LogP contribution in [0.4, 0.5) is 0 Å². The van der Waals surface area contributed by atoms with E-state index in [-0.39, 0.29) is 11.9 Å². The number of carbonyl (C=O) groups is 2. The van der Waals surface area contributed by atoms with E-state index >= 15 is 0 Å². The van der Waals surface area contributed by atoms with Crippen molar-refractivity contribution in [3.05, 3.63) is 0 Å². The van der Waals surface area contributed by atoms with Gasteiger partial charge in [-0.2, -0.15) is 0 Å². The van der Waals surface area contributed by atoms with Crippen LogP contribution in [0.5, 0.6) is 0 Å². The lowest BCUT2D eigenvalue weighted by Crippen LogP contribution is -2.54. The summed E-state index contributed by atoms with van der Waals surface area (Å²) in [5, 5.41) is 6.79. The minimum absolute atomic E-state index is 0.0299. The number of ether oxygens (including phenoxy) is 2. The van der Waals surface area contributed by atoms with Crippen molar-refractivity contribution in [3.8, 4) is 0 Å². The average Bonchev–Trinajstić information content (AvgIpc) is 2.81. The smallest absolute Gasteiger partial charge is 0.312 e. The Kier molecular flexibility index (Phi) is 6.68. The number of carbonyl (C=O) groups excluding carboxylic acids is 2. The second-order valence-electron chi connectivity index (χ2n) is 12.1. The van der Waals surface area contributed by atoms with Crippen molar-refractivity contribution in [2.45, 2.75) is 103 Å². The van der Waals surface area contributed by atoms with Gasteiger partial charge in [0.1, 0.15) is 11.2 Å². The Bertz CT molecular complexity index is 620. The largest absolute Gasteiger partial charge is 0.459 e. The number of esters is 2. The van der Waals surface area contributed by atoms with E-state index in [4.69, 9.17) is 9.47 Å². The Morgan fingerprint density at radius 1 is 0.625 bits per heavy atom. The summed E-state index contributed by atoms with van der Waals surface area (Å²) >= 11 is 0. The van der Waals surface area contributed by atoms with Crippen LogP contribution in [0.15, 0.2) is 0 Å². The molecule has 2 aliphatic heterocycles. The van der Waals surface area contributed by atoms with Crippen LogP contribution < -0.4 is 10.6 Å². The number of nitrogens with one attached hydrogen (secondary N) is 2. The van der Waals surface area contributed by atoms with Gasteiger partial charge in [-0.15, -0.1) is 0 Å². The zero-order valence-electron chi connectivity index (χ0n) is 20.7. The summed E-state index contributed by atoms with van der Waals surface area (Å²) in [4.78, 5) is 26.8. The highest BCUT2D eigenvalue weighted by atomic mass is 16.6. The molecule has 6 nitrogen and oxygen atoms in total. The summed E-state index contributed by atoms with van der Waals surface area (Å²) in [6.07, 6.45) is 8.68. The lowest BCUT2D eigenvalue weighted by Gasteiger charge is -2.52. The van der Waals surface area contributed by atoms with Crippen LogP contribution in [0.1, 0.15) is 91.9 Å². The van der Waals surface area contributed by atoms with Crippen LogP contribution >= 0.6 is 0 Å². The average molecular weight is 449 g/mol. The molecule has 3 aliphatic carbocycles. The van der Waals surface area contributed by atoms with Crippen LogP contribution in [0.3, 0.4) is 0 Å². The minimum Gasteiger partial charge on any atom is -0.459 e. The number of hydrogen-bond acceptors (Lipinski definition) is 6. The molecule has 0 aromatic rings. The molecule has 0 amide bonds. The Balaban J connectivity index is 1.36. The Labute approximate surface area is 193 Å². The van der Waals surface area contributed by atoms with Gasteiger partial charge in [0.05, 0.1) is 10.8 Å². The second kappa shape index (κ2) is 8.90. The topological polar surface area (TPSA) is 76.7 Å². The summed E-state index contributed by atoms with van der Waals surface area (Å²) in [5.74, 6) is 0.751. The molecule has 0 aromatic heterocycles. The first kappa shape index (κ1) is 24.0. The first-order valence-corrected chi connectivity index (χ1v) is 13.0. The highest BCUT2D eigenvalue weighted by Gasteiger charge is 2.58. The maximum absolute atomic E-state index is 13.4. The monoisotopic (exact) mass is 448 g/mol. The molecule has 3 saturated carbocycles. The molecule has 0 spiro atoms. The fourth-order valence-electron chi connectivity index (χ4n) is 6.69. The van der Waals surface area contributed by atoms with Gasteiger partial charge in [0.15, 0.2) is 0 Å².